The summed E-state index contributed by atoms with van der Waals surface area (Å²) in [4.78, 5) is 11.5. The van der Waals surface area contributed by atoms with Gasteiger partial charge < -0.3 is 0 Å². The molecular formula is C25H42O. The van der Waals surface area contributed by atoms with Crippen LogP contribution in [0.25, 0.3) is 0 Å². The Morgan fingerprint density at radius 1 is 0.923 bits per heavy atom. The highest BCUT2D eigenvalue weighted by molar-refractivity contribution is 5.95. The second-order valence-corrected chi connectivity index (χ2v) is 10.1. The van der Waals surface area contributed by atoms with Crippen molar-refractivity contribution in [1.82, 2.24) is 0 Å². The zero-order chi connectivity index (χ0) is 20.5. The van der Waals surface area contributed by atoms with E-state index in [-0.39, 0.29) is 5.78 Å². The molecule has 1 unspecified atom stereocenters. The highest BCUT2D eigenvalue weighted by atomic mass is 16.1. The summed E-state index contributed by atoms with van der Waals surface area (Å²) in [5.41, 5.74) is 4.19. The van der Waals surface area contributed by atoms with Gasteiger partial charge in [-0.2, -0.15) is 0 Å². The lowest BCUT2D eigenvalue weighted by Crippen LogP contribution is -2.06. The summed E-state index contributed by atoms with van der Waals surface area (Å²) < 4.78 is 0. The summed E-state index contributed by atoms with van der Waals surface area (Å²) in [5.74, 6) is 0.588. The topological polar surface area (TPSA) is 17.1 Å². The Bertz CT molecular complexity index is 556. The Morgan fingerprint density at radius 3 is 1.85 bits per heavy atom. The van der Waals surface area contributed by atoms with Gasteiger partial charge >= 0.3 is 0 Å². The summed E-state index contributed by atoms with van der Waals surface area (Å²) in [6, 6.07) is 0. The van der Waals surface area contributed by atoms with Gasteiger partial charge in [-0.15, -0.1) is 0 Å². The Hall–Kier alpha value is -1.37. The van der Waals surface area contributed by atoms with Crippen molar-refractivity contribution < 1.29 is 4.79 Å². The lowest BCUT2D eigenvalue weighted by atomic mass is 9.85. The highest BCUT2D eigenvalue weighted by Gasteiger charge is 2.13. The molecular weight excluding hydrogens is 316 g/mol. The van der Waals surface area contributed by atoms with Gasteiger partial charge in [0.05, 0.1) is 0 Å². The van der Waals surface area contributed by atoms with Crippen LogP contribution in [0.15, 0.2) is 47.6 Å². The zero-order valence-electron chi connectivity index (χ0n) is 18.8. The molecule has 0 spiro atoms. The molecule has 0 fully saturated rings. The lowest BCUT2D eigenvalue weighted by Gasteiger charge is -2.20. The van der Waals surface area contributed by atoms with E-state index >= 15 is 0 Å². The largest absolute Gasteiger partial charge is 0.295 e. The summed E-state index contributed by atoms with van der Waals surface area (Å²) in [7, 11) is 0. The first-order chi connectivity index (χ1) is 11.7. The number of rotatable bonds is 9. The number of hydrogen-bond acceptors (Lipinski definition) is 1. The fraction of sp³-hybridized carbons (Fsp3) is 0.640. The Balaban J connectivity index is 5.29. The second kappa shape index (κ2) is 10.7. The van der Waals surface area contributed by atoms with Gasteiger partial charge in [-0.3, -0.25) is 4.79 Å². The van der Waals surface area contributed by atoms with E-state index in [0.29, 0.717) is 16.7 Å². The molecule has 0 amide bonds. The van der Waals surface area contributed by atoms with Crippen molar-refractivity contribution in [1.29, 1.82) is 0 Å². The van der Waals surface area contributed by atoms with E-state index in [9.17, 15) is 4.79 Å². The van der Waals surface area contributed by atoms with Crippen LogP contribution in [0.5, 0.6) is 0 Å². The maximum Gasteiger partial charge on any atom is 0.159 e. The van der Waals surface area contributed by atoms with E-state index in [1.165, 1.54) is 11.1 Å². The summed E-state index contributed by atoms with van der Waals surface area (Å²) >= 11 is 0. The van der Waals surface area contributed by atoms with Gasteiger partial charge in [-0.1, -0.05) is 84.9 Å². The number of Topliss-reactive ketones (excluding diaryl/α,β-unsaturated/α-hetero) is 1. The first-order valence-corrected chi connectivity index (χ1v) is 9.95. The van der Waals surface area contributed by atoms with Crippen LogP contribution in [0.1, 0.15) is 88.0 Å². The van der Waals surface area contributed by atoms with E-state index in [1.54, 1.807) is 13.0 Å². The SMILES string of the molecule is C=C/C(=C\CC(C)CC(=C/CC(C)(C)C)/C(C)=C\CC(C)(C)C)C(C)=O. The van der Waals surface area contributed by atoms with Gasteiger partial charge in [0.25, 0.3) is 0 Å². The third-order valence-corrected chi connectivity index (χ3v) is 4.42. The van der Waals surface area contributed by atoms with Crippen molar-refractivity contribution >= 4 is 5.78 Å². The number of carbonyl (C=O) groups is 1. The monoisotopic (exact) mass is 358 g/mol. The molecule has 0 rings (SSSR count). The molecule has 0 aromatic heterocycles. The minimum absolute atomic E-state index is 0.0944. The molecule has 0 aliphatic heterocycles. The average Bonchev–Trinajstić information content (AvgIpc) is 2.47. The summed E-state index contributed by atoms with van der Waals surface area (Å²) in [6.45, 7) is 23.5. The van der Waals surface area contributed by atoms with E-state index in [0.717, 1.165) is 31.3 Å². The van der Waals surface area contributed by atoms with Crippen LogP contribution in [0, 0.1) is 16.7 Å². The normalized spacial score (nSPS) is 15.8. The molecule has 0 aliphatic rings. The molecule has 0 heterocycles. The van der Waals surface area contributed by atoms with E-state index in [4.69, 9.17) is 0 Å². The van der Waals surface area contributed by atoms with Gasteiger partial charge in [0.1, 0.15) is 0 Å². The number of ketones is 1. The average molecular weight is 359 g/mol. The van der Waals surface area contributed by atoms with Gasteiger partial charge in [0.2, 0.25) is 0 Å². The summed E-state index contributed by atoms with van der Waals surface area (Å²) in [5, 5.41) is 0. The van der Waals surface area contributed by atoms with Crippen LogP contribution in [0.4, 0.5) is 0 Å². The van der Waals surface area contributed by atoms with Crippen molar-refractivity contribution in [2.75, 3.05) is 0 Å². The predicted molar refractivity (Wildman–Crippen MR) is 117 cm³/mol. The molecule has 0 aromatic rings. The second-order valence-electron chi connectivity index (χ2n) is 10.1. The van der Waals surface area contributed by atoms with Crippen LogP contribution in [-0.4, -0.2) is 5.78 Å². The Morgan fingerprint density at radius 2 is 1.42 bits per heavy atom. The van der Waals surface area contributed by atoms with Crippen molar-refractivity contribution in [2.45, 2.75) is 88.0 Å². The third-order valence-electron chi connectivity index (χ3n) is 4.42. The Kier molecular flexibility index (Phi) is 10.1. The molecule has 0 radical (unpaired) electrons. The van der Waals surface area contributed by atoms with Crippen LogP contribution < -0.4 is 0 Å². The molecule has 1 nitrogen and oxygen atoms in total. The molecule has 0 aromatic carbocycles. The van der Waals surface area contributed by atoms with Crippen molar-refractivity contribution in [3.63, 3.8) is 0 Å². The smallest absolute Gasteiger partial charge is 0.159 e. The first kappa shape index (κ1) is 24.6. The van der Waals surface area contributed by atoms with Crippen LogP contribution in [0.3, 0.4) is 0 Å². The molecule has 0 aliphatic carbocycles. The Labute approximate surface area is 163 Å². The molecule has 1 heteroatoms. The maximum absolute atomic E-state index is 11.5. The standard InChI is InChI=1S/C25H42O/c1-11-22(21(4)26)13-12-19(2)18-23(15-17-25(8,9)10)20(3)14-16-24(5,6)7/h11,13-15,19H,1,12,16-18H2,2-10H3/b20-14-,22-13+,23-15-. The van der Waals surface area contributed by atoms with E-state index < -0.39 is 0 Å². The number of carbonyl (C=O) groups excluding carboxylic acids is 1. The minimum atomic E-state index is 0.0944. The predicted octanol–water partition coefficient (Wildman–Crippen LogP) is 7.85. The van der Waals surface area contributed by atoms with Crippen molar-refractivity contribution in [3.05, 3.63) is 47.6 Å². The fourth-order valence-electron chi connectivity index (χ4n) is 2.58. The maximum atomic E-state index is 11.5. The quantitative estimate of drug-likeness (QED) is 0.303. The van der Waals surface area contributed by atoms with Crippen LogP contribution in [-0.2, 0) is 4.79 Å². The molecule has 148 valence electrons. The molecule has 0 saturated heterocycles. The number of allylic oxidation sites excluding steroid dienone is 7. The fourth-order valence-corrected chi connectivity index (χ4v) is 2.58. The lowest BCUT2D eigenvalue weighted by molar-refractivity contribution is -0.113. The zero-order valence-corrected chi connectivity index (χ0v) is 18.8. The molecule has 0 N–H and O–H groups in total. The van der Waals surface area contributed by atoms with Gasteiger partial charge in [-0.05, 0) is 61.9 Å². The molecule has 0 saturated carbocycles. The van der Waals surface area contributed by atoms with Gasteiger partial charge in [0, 0.05) is 5.57 Å². The van der Waals surface area contributed by atoms with Crippen LogP contribution >= 0.6 is 0 Å². The molecule has 26 heavy (non-hydrogen) atoms. The number of hydrogen-bond donors (Lipinski definition) is 0. The minimum Gasteiger partial charge on any atom is -0.295 e. The molecule has 0 bridgehead atoms. The van der Waals surface area contributed by atoms with E-state index in [1.807, 2.05) is 6.08 Å². The first-order valence-electron chi connectivity index (χ1n) is 9.95. The molecule has 1 atom stereocenters. The highest BCUT2D eigenvalue weighted by Crippen LogP contribution is 2.29. The van der Waals surface area contributed by atoms with Crippen molar-refractivity contribution in [3.8, 4) is 0 Å². The van der Waals surface area contributed by atoms with E-state index in [2.05, 4.69) is 74.1 Å². The van der Waals surface area contributed by atoms with Gasteiger partial charge in [-0.25, -0.2) is 0 Å². The van der Waals surface area contributed by atoms with Crippen LogP contribution in [0.2, 0.25) is 0 Å². The van der Waals surface area contributed by atoms with Gasteiger partial charge in [0.15, 0.2) is 5.78 Å². The third kappa shape index (κ3) is 12.1. The summed E-state index contributed by atoms with van der Waals surface area (Å²) in [6.07, 6.45) is 12.6. The van der Waals surface area contributed by atoms with Crippen molar-refractivity contribution in [2.24, 2.45) is 16.7 Å².